The number of nitrogens with zero attached hydrogens (tertiary/aromatic N) is 6. The molecule has 9 heteroatoms. The van der Waals surface area contributed by atoms with Crippen LogP contribution in [0.25, 0.3) is 0 Å². The molecule has 152 valence electrons. The number of amides is 1. The van der Waals surface area contributed by atoms with Gasteiger partial charge in [0.2, 0.25) is 0 Å². The summed E-state index contributed by atoms with van der Waals surface area (Å²) in [6.07, 6.45) is 4.20. The fourth-order valence-electron chi connectivity index (χ4n) is 3.97. The molecule has 2 fully saturated rings. The van der Waals surface area contributed by atoms with E-state index in [0.717, 1.165) is 63.4 Å². The number of hydrogen-bond acceptors (Lipinski definition) is 8. The zero-order valence-corrected chi connectivity index (χ0v) is 17.4. The summed E-state index contributed by atoms with van der Waals surface area (Å²) in [5.41, 5.74) is 1.38. The van der Waals surface area contributed by atoms with Gasteiger partial charge in [-0.05, 0) is 39.2 Å². The Balaban J connectivity index is 1.47. The molecule has 2 aliphatic rings. The summed E-state index contributed by atoms with van der Waals surface area (Å²) in [5.74, 6) is 1.73. The smallest absolute Gasteiger partial charge is 0.273 e. The van der Waals surface area contributed by atoms with Crippen LogP contribution in [0.4, 0.5) is 10.9 Å². The van der Waals surface area contributed by atoms with Gasteiger partial charge in [-0.3, -0.25) is 9.69 Å². The molecule has 2 aromatic rings. The monoisotopic (exact) mass is 411 g/mol. The first-order valence-electron chi connectivity index (χ1n) is 10.1. The highest BCUT2D eigenvalue weighted by Gasteiger charge is 2.24. The van der Waals surface area contributed by atoms with Crippen LogP contribution >= 0.6 is 11.3 Å². The maximum atomic E-state index is 12.5. The van der Waals surface area contributed by atoms with E-state index in [2.05, 4.69) is 26.3 Å². The van der Waals surface area contributed by atoms with Gasteiger partial charge in [0.1, 0.15) is 17.3 Å². The van der Waals surface area contributed by atoms with Crippen LogP contribution in [0.3, 0.4) is 0 Å². The fraction of sp³-hybridized carbons (Fsp3) is 0.550. The SMILES string of the molecule is Cc1cc(Nc2nc(C(=O)N3CCCC3)cs2)nc(C2CCCN(CC#N)C2)n1. The van der Waals surface area contributed by atoms with E-state index >= 15 is 0 Å². The molecule has 2 aromatic heterocycles. The summed E-state index contributed by atoms with van der Waals surface area (Å²) in [6.45, 7) is 5.79. The Morgan fingerprint density at radius 1 is 1.28 bits per heavy atom. The van der Waals surface area contributed by atoms with Gasteiger partial charge in [-0.25, -0.2) is 15.0 Å². The molecule has 0 aromatic carbocycles. The normalized spacial score (nSPS) is 19.9. The van der Waals surface area contributed by atoms with Crippen LogP contribution in [0.2, 0.25) is 0 Å². The third kappa shape index (κ3) is 4.71. The van der Waals surface area contributed by atoms with E-state index < -0.39 is 0 Å². The van der Waals surface area contributed by atoms with E-state index in [9.17, 15) is 4.79 Å². The molecule has 2 aliphatic heterocycles. The molecule has 0 spiro atoms. The van der Waals surface area contributed by atoms with E-state index in [1.54, 1.807) is 5.38 Å². The van der Waals surface area contributed by atoms with E-state index in [4.69, 9.17) is 10.2 Å². The number of aryl methyl sites for hydroxylation is 1. The molecule has 2 saturated heterocycles. The summed E-state index contributed by atoms with van der Waals surface area (Å²) in [4.78, 5) is 30.3. The summed E-state index contributed by atoms with van der Waals surface area (Å²) in [7, 11) is 0. The number of nitriles is 1. The van der Waals surface area contributed by atoms with Crippen LogP contribution in [0.15, 0.2) is 11.4 Å². The Hall–Kier alpha value is -2.57. The van der Waals surface area contributed by atoms with Gasteiger partial charge in [0.15, 0.2) is 5.13 Å². The van der Waals surface area contributed by atoms with Gasteiger partial charge in [-0.15, -0.1) is 11.3 Å². The van der Waals surface area contributed by atoms with Crippen molar-refractivity contribution in [3.8, 4) is 6.07 Å². The van der Waals surface area contributed by atoms with Crippen molar-refractivity contribution in [2.24, 2.45) is 0 Å². The van der Waals surface area contributed by atoms with Gasteiger partial charge in [0.05, 0.1) is 12.6 Å². The molecule has 0 saturated carbocycles. The van der Waals surface area contributed by atoms with Crippen LogP contribution in [0, 0.1) is 18.3 Å². The minimum atomic E-state index is 0.00569. The molecule has 1 N–H and O–H groups in total. The zero-order valence-electron chi connectivity index (χ0n) is 16.6. The van der Waals surface area contributed by atoms with Crippen LogP contribution in [0.1, 0.15) is 53.6 Å². The minimum absolute atomic E-state index is 0.00569. The summed E-state index contributed by atoms with van der Waals surface area (Å²) < 4.78 is 0. The first-order chi connectivity index (χ1) is 14.1. The number of carbonyl (C=O) groups excluding carboxylic acids is 1. The highest BCUT2D eigenvalue weighted by atomic mass is 32.1. The van der Waals surface area contributed by atoms with Crippen molar-refractivity contribution in [1.29, 1.82) is 5.26 Å². The molecule has 0 aliphatic carbocycles. The molecule has 0 bridgehead atoms. The second kappa shape index (κ2) is 8.84. The predicted octanol–water partition coefficient (Wildman–Crippen LogP) is 2.92. The Kier molecular flexibility index (Phi) is 6.02. The number of aromatic nitrogens is 3. The molecule has 1 atom stereocenters. The van der Waals surface area contributed by atoms with Gasteiger partial charge in [-0.1, -0.05) is 0 Å². The molecular weight excluding hydrogens is 386 g/mol. The molecule has 29 heavy (non-hydrogen) atoms. The fourth-order valence-corrected chi connectivity index (χ4v) is 4.66. The number of hydrogen-bond donors (Lipinski definition) is 1. The maximum Gasteiger partial charge on any atom is 0.273 e. The molecule has 1 unspecified atom stereocenters. The van der Waals surface area contributed by atoms with Gasteiger partial charge >= 0.3 is 0 Å². The topological polar surface area (TPSA) is 98.0 Å². The maximum absolute atomic E-state index is 12.5. The quantitative estimate of drug-likeness (QED) is 0.755. The van der Waals surface area contributed by atoms with Crippen molar-refractivity contribution in [3.63, 3.8) is 0 Å². The highest BCUT2D eigenvalue weighted by molar-refractivity contribution is 7.14. The second-order valence-electron chi connectivity index (χ2n) is 7.65. The number of anilines is 2. The predicted molar refractivity (Wildman–Crippen MR) is 111 cm³/mol. The third-order valence-electron chi connectivity index (χ3n) is 5.39. The number of piperidine rings is 1. The number of rotatable bonds is 5. The van der Waals surface area contributed by atoms with Gasteiger partial charge in [-0.2, -0.15) is 5.26 Å². The largest absolute Gasteiger partial charge is 0.337 e. The highest BCUT2D eigenvalue weighted by Crippen LogP contribution is 2.27. The molecule has 8 nitrogen and oxygen atoms in total. The average molecular weight is 412 g/mol. The van der Waals surface area contributed by atoms with E-state index in [0.29, 0.717) is 23.2 Å². The lowest BCUT2D eigenvalue weighted by atomic mass is 9.97. The molecule has 4 heterocycles. The first kappa shape index (κ1) is 19.7. The number of thiazole rings is 1. The van der Waals surface area contributed by atoms with Crippen molar-refractivity contribution in [2.45, 2.75) is 38.5 Å². The van der Waals surface area contributed by atoms with Crippen molar-refractivity contribution < 1.29 is 4.79 Å². The lowest BCUT2D eigenvalue weighted by molar-refractivity contribution is 0.0788. The van der Waals surface area contributed by atoms with Gasteiger partial charge in [0, 0.05) is 42.7 Å². The Morgan fingerprint density at radius 3 is 2.90 bits per heavy atom. The number of likely N-dealkylation sites (tertiary alicyclic amines) is 2. The Labute approximate surface area is 174 Å². The molecule has 4 rings (SSSR count). The van der Waals surface area contributed by atoms with Crippen LogP contribution < -0.4 is 5.32 Å². The van der Waals surface area contributed by atoms with Crippen molar-refractivity contribution in [3.05, 3.63) is 28.7 Å². The Bertz CT molecular complexity index is 916. The summed E-state index contributed by atoms with van der Waals surface area (Å²) in [5, 5.41) is 14.7. The summed E-state index contributed by atoms with van der Waals surface area (Å²) >= 11 is 1.41. The van der Waals surface area contributed by atoms with Crippen molar-refractivity contribution in [1.82, 2.24) is 24.8 Å². The van der Waals surface area contributed by atoms with Crippen LogP contribution in [0.5, 0.6) is 0 Å². The average Bonchev–Trinajstić information content (AvgIpc) is 3.40. The number of nitrogens with one attached hydrogen (secondary N) is 1. The molecule has 0 radical (unpaired) electrons. The lowest BCUT2D eigenvalue weighted by Gasteiger charge is -2.30. The van der Waals surface area contributed by atoms with Crippen molar-refractivity contribution >= 4 is 28.2 Å². The standard InChI is InChI=1S/C20H25N7OS/c1-14-11-17(24-18(22-14)15-5-4-7-26(12-15)10-6-21)25-20-23-16(13-29-20)19(28)27-8-2-3-9-27/h11,13,15H,2-5,7-10,12H2,1H3,(H,22,23,24,25). The van der Waals surface area contributed by atoms with Crippen molar-refractivity contribution in [2.75, 3.05) is 38.0 Å². The van der Waals surface area contributed by atoms with E-state index in [1.165, 1.54) is 11.3 Å². The van der Waals surface area contributed by atoms with Gasteiger partial charge in [0.25, 0.3) is 5.91 Å². The first-order valence-corrected chi connectivity index (χ1v) is 11.0. The van der Waals surface area contributed by atoms with Crippen LogP contribution in [-0.4, -0.2) is 63.4 Å². The number of carbonyl (C=O) groups is 1. The molecular formula is C20H25N7OS. The Morgan fingerprint density at radius 2 is 2.10 bits per heavy atom. The minimum Gasteiger partial charge on any atom is -0.337 e. The summed E-state index contributed by atoms with van der Waals surface area (Å²) in [6, 6.07) is 4.12. The van der Waals surface area contributed by atoms with E-state index in [1.807, 2.05) is 17.9 Å². The second-order valence-corrected chi connectivity index (χ2v) is 8.51. The third-order valence-corrected chi connectivity index (χ3v) is 6.15. The lowest BCUT2D eigenvalue weighted by Crippen LogP contribution is -2.35. The molecule has 1 amide bonds. The van der Waals surface area contributed by atoms with Gasteiger partial charge < -0.3 is 10.2 Å². The van der Waals surface area contributed by atoms with E-state index in [-0.39, 0.29) is 11.8 Å². The zero-order chi connectivity index (χ0) is 20.2. The van der Waals surface area contributed by atoms with Crippen LogP contribution in [-0.2, 0) is 0 Å².